The summed E-state index contributed by atoms with van der Waals surface area (Å²) >= 11 is 5.85. The molecule has 2 aromatic rings. The van der Waals surface area contributed by atoms with Crippen molar-refractivity contribution in [3.8, 4) is 11.5 Å². The highest BCUT2D eigenvalue weighted by Crippen LogP contribution is 2.31. The van der Waals surface area contributed by atoms with Gasteiger partial charge in [0.05, 0.1) is 25.0 Å². The van der Waals surface area contributed by atoms with Crippen molar-refractivity contribution >= 4 is 33.2 Å². The number of carbonyl (C=O) groups excluding carboxylic acids is 1. The van der Waals surface area contributed by atoms with E-state index in [1.54, 1.807) is 30.3 Å². The van der Waals surface area contributed by atoms with Crippen molar-refractivity contribution < 1.29 is 22.7 Å². The van der Waals surface area contributed by atoms with Crippen molar-refractivity contribution in [2.75, 3.05) is 32.6 Å². The van der Waals surface area contributed by atoms with Gasteiger partial charge in [0, 0.05) is 29.9 Å². The van der Waals surface area contributed by atoms with E-state index in [2.05, 4.69) is 5.32 Å². The number of nitrogens with zero attached hydrogens (tertiary/aromatic N) is 1. The van der Waals surface area contributed by atoms with Crippen LogP contribution in [0.25, 0.3) is 0 Å². The number of nitrogens with one attached hydrogen (secondary N) is 1. The van der Waals surface area contributed by atoms with Gasteiger partial charge in [-0.1, -0.05) is 11.6 Å². The number of anilines is 1. The van der Waals surface area contributed by atoms with E-state index in [4.69, 9.17) is 21.1 Å². The van der Waals surface area contributed by atoms with Gasteiger partial charge in [-0.05, 0) is 49.2 Å². The van der Waals surface area contributed by atoms with Crippen molar-refractivity contribution in [3.63, 3.8) is 0 Å². The topological polar surface area (TPSA) is 84.9 Å². The Kier molecular flexibility index (Phi) is 6.66. The van der Waals surface area contributed by atoms with Gasteiger partial charge in [0.25, 0.3) is 0 Å². The van der Waals surface area contributed by atoms with Crippen LogP contribution in [-0.2, 0) is 14.8 Å². The summed E-state index contributed by atoms with van der Waals surface area (Å²) in [6, 6.07) is 11.1. The van der Waals surface area contributed by atoms with E-state index in [1.807, 2.05) is 0 Å². The lowest BCUT2D eigenvalue weighted by molar-refractivity contribution is -0.120. The van der Waals surface area contributed by atoms with Crippen molar-refractivity contribution in [1.29, 1.82) is 0 Å². The minimum Gasteiger partial charge on any atom is -0.493 e. The average molecular weight is 439 g/mol. The molecule has 2 aromatic carbocycles. The molecule has 1 saturated heterocycles. The molecule has 0 spiro atoms. The van der Waals surface area contributed by atoms with Crippen LogP contribution in [0.2, 0.25) is 5.02 Å². The first-order valence-electron chi connectivity index (χ1n) is 9.13. The molecule has 0 unspecified atom stereocenters. The molecule has 29 heavy (non-hydrogen) atoms. The van der Waals surface area contributed by atoms with Gasteiger partial charge in [-0.15, -0.1) is 0 Å². The molecule has 1 fully saturated rings. The molecule has 0 aromatic heterocycles. The Morgan fingerprint density at radius 1 is 1.10 bits per heavy atom. The third kappa shape index (κ3) is 4.83. The Morgan fingerprint density at radius 3 is 2.45 bits per heavy atom. The average Bonchev–Trinajstić information content (AvgIpc) is 2.74. The second-order valence-corrected chi connectivity index (χ2v) is 9.09. The van der Waals surface area contributed by atoms with Crippen LogP contribution in [0.4, 0.5) is 5.69 Å². The normalized spacial score (nSPS) is 17.6. The van der Waals surface area contributed by atoms with Crippen molar-refractivity contribution in [3.05, 3.63) is 47.5 Å². The number of rotatable bonds is 6. The zero-order valence-corrected chi connectivity index (χ0v) is 17.8. The number of hydrogen-bond donors (Lipinski definition) is 1. The molecule has 1 heterocycles. The maximum Gasteiger partial charge on any atom is 0.243 e. The number of ether oxygens (including phenoxy) is 2. The summed E-state index contributed by atoms with van der Waals surface area (Å²) < 4.78 is 37.6. The number of methoxy groups -OCH3 is 2. The zero-order valence-electron chi connectivity index (χ0n) is 16.2. The Balaban J connectivity index is 1.72. The zero-order chi connectivity index (χ0) is 21.0. The summed E-state index contributed by atoms with van der Waals surface area (Å²) in [6.45, 7) is 0.509. The summed E-state index contributed by atoms with van der Waals surface area (Å²) in [5.74, 6) is 0.386. The number of benzene rings is 2. The third-order valence-electron chi connectivity index (χ3n) is 4.86. The van der Waals surface area contributed by atoms with Crippen LogP contribution in [0.3, 0.4) is 0 Å². The lowest BCUT2D eigenvalue weighted by Crippen LogP contribution is -2.43. The van der Waals surface area contributed by atoms with Crippen LogP contribution in [0.5, 0.6) is 11.5 Å². The summed E-state index contributed by atoms with van der Waals surface area (Å²) in [7, 11) is -0.626. The van der Waals surface area contributed by atoms with Crippen LogP contribution in [0.1, 0.15) is 12.8 Å². The maximum atomic E-state index is 12.9. The maximum absolute atomic E-state index is 12.9. The van der Waals surface area contributed by atoms with Crippen LogP contribution in [-0.4, -0.2) is 45.9 Å². The molecule has 0 radical (unpaired) electrons. The Bertz CT molecular complexity index is 979. The van der Waals surface area contributed by atoms with Gasteiger partial charge in [0.1, 0.15) is 0 Å². The van der Waals surface area contributed by atoms with Gasteiger partial charge < -0.3 is 14.8 Å². The van der Waals surface area contributed by atoms with E-state index in [9.17, 15) is 13.2 Å². The fraction of sp³-hybridized carbons (Fsp3) is 0.350. The molecule has 1 aliphatic heterocycles. The van der Waals surface area contributed by atoms with Gasteiger partial charge in [-0.3, -0.25) is 4.79 Å². The minimum absolute atomic E-state index is 0.129. The van der Waals surface area contributed by atoms with Gasteiger partial charge in [0.2, 0.25) is 15.9 Å². The first-order valence-corrected chi connectivity index (χ1v) is 11.0. The van der Waals surface area contributed by atoms with E-state index in [0.29, 0.717) is 41.6 Å². The quantitative estimate of drug-likeness (QED) is 0.747. The summed E-state index contributed by atoms with van der Waals surface area (Å²) in [6.07, 6.45) is 1.22. The second kappa shape index (κ2) is 9.02. The van der Waals surface area contributed by atoms with E-state index in [-0.39, 0.29) is 17.3 Å². The molecule has 0 aliphatic carbocycles. The van der Waals surface area contributed by atoms with Gasteiger partial charge in [0.15, 0.2) is 11.5 Å². The highest BCUT2D eigenvalue weighted by atomic mass is 35.5. The molecule has 7 nitrogen and oxygen atoms in total. The molecule has 0 bridgehead atoms. The number of halogens is 1. The first-order chi connectivity index (χ1) is 13.8. The van der Waals surface area contributed by atoms with Crippen molar-refractivity contribution in [2.24, 2.45) is 5.92 Å². The van der Waals surface area contributed by atoms with Crippen molar-refractivity contribution in [1.82, 2.24) is 4.31 Å². The SMILES string of the molecule is COc1ccc(NC(=O)[C@@H]2CCCN(S(=O)(=O)c3ccc(Cl)cc3)C2)cc1OC. The molecule has 0 saturated carbocycles. The molecule has 1 amide bonds. The van der Waals surface area contributed by atoms with Crippen molar-refractivity contribution in [2.45, 2.75) is 17.7 Å². The molecular weight excluding hydrogens is 416 g/mol. The monoisotopic (exact) mass is 438 g/mol. The molecule has 9 heteroatoms. The lowest BCUT2D eigenvalue weighted by atomic mass is 9.98. The largest absolute Gasteiger partial charge is 0.493 e. The van der Waals surface area contributed by atoms with Crippen LogP contribution < -0.4 is 14.8 Å². The molecule has 1 atom stereocenters. The Hall–Kier alpha value is -2.29. The predicted octanol–water partition coefficient (Wildman–Crippen LogP) is 3.40. The third-order valence-corrected chi connectivity index (χ3v) is 6.99. The van der Waals surface area contributed by atoms with Gasteiger partial charge >= 0.3 is 0 Å². The number of piperidine rings is 1. The second-order valence-electron chi connectivity index (χ2n) is 6.72. The smallest absolute Gasteiger partial charge is 0.243 e. The highest BCUT2D eigenvalue weighted by molar-refractivity contribution is 7.89. The standard InChI is InChI=1S/C20H23ClN2O5S/c1-27-18-10-7-16(12-19(18)28-2)22-20(24)14-4-3-11-23(13-14)29(25,26)17-8-5-15(21)6-9-17/h5-10,12,14H,3-4,11,13H2,1-2H3,(H,22,24)/t14-/m1/s1. The van der Waals surface area contributed by atoms with Crippen LogP contribution in [0.15, 0.2) is 47.4 Å². The molecular formula is C20H23ClN2O5S. The summed E-state index contributed by atoms with van der Waals surface area (Å²) in [4.78, 5) is 12.9. The number of amides is 1. The fourth-order valence-corrected chi connectivity index (χ4v) is 4.94. The van der Waals surface area contributed by atoms with Gasteiger partial charge in [-0.2, -0.15) is 4.31 Å². The number of sulfonamides is 1. The van der Waals surface area contributed by atoms with Crippen LogP contribution in [0, 0.1) is 5.92 Å². The van der Waals surface area contributed by atoms with E-state index < -0.39 is 15.9 Å². The summed E-state index contributed by atoms with van der Waals surface area (Å²) in [5, 5.41) is 3.31. The minimum atomic E-state index is -3.68. The lowest BCUT2D eigenvalue weighted by Gasteiger charge is -2.31. The Labute approximate surface area is 175 Å². The molecule has 3 rings (SSSR count). The fourth-order valence-electron chi connectivity index (χ4n) is 3.29. The molecule has 1 aliphatic rings. The Morgan fingerprint density at radius 2 is 1.79 bits per heavy atom. The first kappa shape index (κ1) is 21.4. The highest BCUT2D eigenvalue weighted by Gasteiger charge is 2.33. The van der Waals surface area contributed by atoms with Gasteiger partial charge in [-0.25, -0.2) is 8.42 Å². The molecule has 1 N–H and O–H groups in total. The molecule has 156 valence electrons. The predicted molar refractivity (Wildman–Crippen MR) is 111 cm³/mol. The number of carbonyl (C=O) groups is 1. The van der Waals surface area contributed by atoms with E-state index >= 15 is 0 Å². The number of hydrogen-bond acceptors (Lipinski definition) is 5. The summed E-state index contributed by atoms with van der Waals surface area (Å²) in [5.41, 5.74) is 0.560. The van der Waals surface area contributed by atoms with E-state index in [0.717, 1.165) is 0 Å². The van der Waals surface area contributed by atoms with E-state index in [1.165, 1.54) is 30.7 Å². The van der Waals surface area contributed by atoms with Crippen LogP contribution >= 0.6 is 11.6 Å².